The Morgan fingerprint density at radius 2 is 0.643 bits per heavy atom. The summed E-state index contributed by atoms with van der Waals surface area (Å²) in [4.78, 5) is 54.2. The van der Waals surface area contributed by atoms with Crippen LogP contribution in [-0.4, -0.2) is 0 Å². The smallest absolute Gasteiger partial charge is 0.201 e. The van der Waals surface area contributed by atoms with Gasteiger partial charge in [-0.3, -0.25) is 19.2 Å². The largest absolute Gasteiger partial charge is 0.456 e. The Morgan fingerprint density at radius 3 is 1.05 bits per heavy atom. The number of fused-ring (bicyclic) bond motifs is 9. The monoisotopic (exact) mass is 550 g/mol. The Balaban J connectivity index is 1.41. The van der Waals surface area contributed by atoms with Crippen molar-refractivity contribution in [2.75, 3.05) is 0 Å². The minimum absolute atomic E-state index is 0.0400. The summed E-state index contributed by atoms with van der Waals surface area (Å²) in [6, 6.07) is 22.7. The van der Waals surface area contributed by atoms with Crippen LogP contribution < -0.4 is 21.7 Å². The maximum Gasteiger partial charge on any atom is 0.201 e. The van der Waals surface area contributed by atoms with Crippen LogP contribution in [0.1, 0.15) is 0 Å². The Morgan fingerprint density at radius 1 is 0.310 bits per heavy atom. The molecule has 42 heavy (non-hydrogen) atoms. The quantitative estimate of drug-likeness (QED) is 0.151. The number of rotatable bonds is 0. The lowest BCUT2D eigenvalue weighted by Gasteiger charge is -2.08. The second-order valence-corrected chi connectivity index (χ2v) is 10.2. The van der Waals surface area contributed by atoms with Gasteiger partial charge in [0.05, 0.1) is 43.1 Å². The molecule has 5 aromatic carbocycles. The summed E-state index contributed by atoms with van der Waals surface area (Å²) < 4.78 is 24.1. The van der Waals surface area contributed by atoms with Gasteiger partial charge in [-0.05, 0) is 60.7 Å². The molecule has 198 valence electrons. The Kier molecular flexibility index (Phi) is 4.22. The van der Waals surface area contributed by atoms with Crippen LogP contribution in [0.2, 0.25) is 0 Å². The maximum absolute atomic E-state index is 14.0. The second kappa shape index (κ2) is 7.80. The van der Waals surface area contributed by atoms with E-state index in [9.17, 15) is 19.2 Å². The van der Waals surface area contributed by atoms with Gasteiger partial charge >= 0.3 is 0 Å². The highest BCUT2D eigenvalue weighted by Gasteiger charge is 2.20. The van der Waals surface area contributed by atoms with Gasteiger partial charge in [-0.25, -0.2) is 0 Å². The fourth-order valence-electron chi connectivity index (χ4n) is 5.87. The van der Waals surface area contributed by atoms with Crippen LogP contribution in [0.25, 0.3) is 87.8 Å². The van der Waals surface area contributed by atoms with E-state index in [0.717, 1.165) is 0 Å². The molecule has 0 atom stereocenters. The first kappa shape index (κ1) is 22.8. The average Bonchev–Trinajstić information content (AvgIpc) is 3.01. The van der Waals surface area contributed by atoms with Crippen molar-refractivity contribution in [1.29, 1.82) is 0 Å². The molecule has 4 heterocycles. The van der Waals surface area contributed by atoms with Gasteiger partial charge in [0.25, 0.3) is 0 Å². The molecule has 8 heteroatoms. The highest BCUT2D eigenvalue weighted by molar-refractivity contribution is 6.11. The van der Waals surface area contributed by atoms with Crippen LogP contribution in [0.3, 0.4) is 0 Å². The van der Waals surface area contributed by atoms with E-state index in [2.05, 4.69) is 0 Å². The summed E-state index contributed by atoms with van der Waals surface area (Å²) in [7, 11) is 0. The first-order valence-corrected chi connectivity index (χ1v) is 13.1. The topological polar surface area (TPSA) is 121 Å². The summed E-state index contributed by atoms with van der Waals surface area (Å²) in [5, 5.41) is 1.76. The minimum atomic E-state index is -0.473. The molecule has 0 saturated heterocycles. The SMILES string of the molecule is O=c1c2ccccc2oc2cc3c(=O)c4c(ccc5oc6cc7c(=O)c8ccccc8oc7cc6c(=O)c54)oc3cc12. The molecule has 0 bridgehead atoms. The van der Waals surface area contributed by atoms with Gasteiger partial charge in [0, 0.05) is 0 Å². The third kappa shape index (κ3) is 2.90. The number of hydrogen-bond acceptors (Lipinski definition) is 8. The number of para-hydroxylation sites is 2. The molecule has 9 rings (SSSR count). The van der Waals surface area contributed by atoms with Crippen LogP contribution in [0.5, 0.6) is 0 Å². The van der Waals surface area contributed by atoms with Gasteiger partial charge in [0.15, 0.2) is 0 Å². The summed E-state index contributed by atoms with van der Waals surface area (Å²) >= 11 is 0. The van der Waals surface area contributed by atoms with Crippen molar-refractivity contribution in [3.8, 4) is 0 Å². The van der Waals surface area contributed by atoms with E-state index >= 15 is 0 Å². The van der Waals surface area contributed by atoms with Gasteiger partial charge in [0.1, 0.15) is 44.7 Å². The van der Waals surface area contributed by atoms with Crippen LogP contribution >= 0.6 is 0 Å². The summed E-state index contributed by atoms with van der Waals surface area (Å²) in [5.74, 6) is 0. The molecule has 4 aromatic heterocycles. The highest BCUT2D eigenvalue weighted by atomic mass is 16.3. The first-order chi connectivity index (χ1) is 20.5. The van der Waals surface area contributed by atoms with Crippen molar-refractivity contribution in [1.82, 2.24) is 0 Å². The fourth-order valence-corrected chi connectivity index (χ4v) is 5.87. The lowest BCUT2D eigenvalue weighted by Crippen LogP contribution is -2.10. The molecule has 0 N–H and O–H groups in total. The molecule has 0 saturated carbocycles. The zero-order valence-corrected chi connectivity index (χ0v) is 21.3. The van der Waals surface area contributed by atoms with Crippen LogP contribution in [0.15, 0.2) is 122 Å². The number of hydrogen-bond donors (Lipinski definition) is 0. The molecule has 0 unspecified atom stereocenters. The first-order valence-electron chi connectivity index (χ1n) is 13.1. The molecule has 0 aliphatic carbocycles. The third-order valence-corrected chi connectivity index (χ3v) is 7.87. The number of benzene rings is 5. The van der Waals surface area contributed by atoms with Gasteiger partial charge < -0.3 is 17.7 Å². The predicted octanol–water partition coefficient (Wildman–Crippen LogP) is 6.73. The maximum atomic E-state index is 14.0. The van der Waals surface area contributed by atoms with E-state index in [0.29, 0.717) is 21.9 Å². The van der Waals surface area contributed by atoms with Crippen molar-refractivity contribution in [2.45, 2.75) is 0 Å². The van der Waals surface area contributed by atoms with E-state index in [1.54, 1.807) is 60.7 Å². The van der Waals surface area contributed by atoms with Crippen molar-refractivity contribution in [3.63, 3.8) is 0 Å². The Bertz CT molecular complexity index is 2740. The normalized spacial score (nSPS) is 12.2. The molecular weight excluding hydrogens is 536 g/mol. The van der Waals surface area contributed by atoms with Gasteiger partial charge in [-0.1, -0.05) is 24.3 Å². The second-order valence-electron chi connectivity index (χ2n) is 10.2. The lowest BCUT2D eigenvalue weighted by molar-refractivity contribution is 0.647. The van der Waals surface area contributed by atoms with E-state index in [-0.39, 0.29) is 76.7 Å². The average molecular weight is 550 g/mol. The zero-order chi connectivity index (χ0) is 28.3. The molecule has 0 fully saturated rings. The molecule has 9 aromatic rings. The Labute approximate surface area is 231 Å². The van der Waals surface area contributed by atoms with Crippen molar-refractivity contribution < 1.29 is 17.7 Å². The van der Waals surface area contributed by atoms with E-state index in [4.69, 9.17) is 17.7 Å². The standard InChI is InChI=1S/C34H14O8/c35-31-15-5-1-3-7-21(15)39-25-13-19-27(11-17(25)31)41-23-9-10-24-30(29(23)33(19)37)34(38)20-14-26-18(12-28(20)42-24)32(36)16-6-2-4-8-22(16)40-26/h1-14H. The molecule has 0 spiro atoms. The van der Waals surface area contributed by atoms with Crippen LogP contribution in [-0.2, 0) is 0 Å². The van der Waals surface area contributed by atoms with E-state index in [1.807, 2.05) is 0 Å². The summed E-state index contributed by atoms with van der Waals surface area (Å²) in [6.07, 6.45) is 0. The van der Waals surface area contributed by atoms with E-state index in [1.165, 1.54) is 24.3 Å². The molecule has 0 amide bonds. The molecule has 0 aliphatic heterocycles. The third-order valence-electron chi connectivity index (χ3n) is 7.87. The summed E-state index contributed by atoms with van der Waals surface area (Å²) in [6.45, 7) is 0. The van der Waals surface area contributed by atoms with Crippen molar-refractivity contribution in [3.05, 3.63) is 126 Å². The van der Waals surface area contributed by atoms with Crippen molar-refractivity contribution in [2.24, 2.45) is 0 Å². The zero-order valence-electron chi connectivity index (χ0n) is 21.3. The summed E-state index contributed by atoms with van der Waals surface area (Å²) in [5.41, 5.74) is 0.505. The van der Waals surface area contributed by atoms with E-state index < -0.39 is 10.9 Å². The predicted molar refractivity (Wildman–Crippen MR) is 161 cm³/mol. The molecule has 8 nitrogen and oxygen atoms in total. The van der Waals surface area contributed by atoms with Gasteiger partial charge in [-0.15, -0.1) is 0 Å². The van der Waals surface area contributed by atoms with Crippen LogP contribution in [0, 0.1) is 0 Å². The Hall–Kier alpha value is -6.02. The lowest BCUT2D eigenvalue weighted by atomic mass is 10.0. The highest BCUT2D eigenvalue weighted by Crippen LogP contribution is 2.31. The molecule has 0 aliphatic rings. The molecule has 0 radical (unpaired) electrons. The van der Waals surface area contributed by atoms with Gasteiger partial charge in [0.2, 0.25) is 21.7 Å². The minimum Gasteiger partial charge on any atom is -0.456 e. The van der Waals surface area contributed by atoms with Crippen LogP contribution in [0.4, 0.5) is 0 Å². The van der Waals surface area contributed by atoms with Crippen molar-refractivity contribution >= 4 is 87.8 Å². The fraction of sp³-hybridized carbons (Fsp3) is 0. The van der Waals surface area contributed by atoms with Gasteiger partial charge in [-0.2, -0.15) is 0 Å². The molecular formula is C34H14O8.